The number of hydrogen-bond donors (Lipinski definition) is 3. The van der Waals surface area contributed by atoms with Gasteiger partial charge in [0, 0.05) is 22.9 Å². The van der Waals surface area contributed by atoms with Gasteiger partial charge >= 0.3 is 0 Å². The van der Waals surface area contributed by atoms with Crippen molar-refractivity contribution in [2.75, 3.05) is 0 Å². The average molecular weight is 156 g/mol. The van der Waals surface area contributed by atoms with Gasteiger partial charge in [0.1, 0.15) is 0 Å². The lowest BCUT2D eigenvalue weighted by molar-refractivity contribution is 0.265. The van der Waals surface area contributed by atoms with Gasteiger partial charge in [0.15, 0.2) is 0 Å². The maximum atomic E-state index is 10.1. The van der Waals surface area contributed by atoms with Gasteiger partial charge in [-0.3, -0.25) is 14.7 Å². The largest absolute Gasteiger partial charge is 0.300 e. The van der Waals surface area contributed by atoms with Crippen molar-refractivity contribution in [2.24, 2.45) is 5.14 Å². The van der Waals surface area contributed by atoms with E-state index in [4.69, 9.17) is 5.14 Å². The van der Waals surface area contributed by atoms with Crippen LogP contribution in [0, 0.1) is 0 Å². The van der Waals surface area contributed by atoms with E-state index in [-0.39, 0.29) is 5.24 Å². The summed E-state index contributed by atoms with van der Waals surface area (Å²) < 4.78 is 2.24. The quantitative estimate of drug-likeness (QED) is 0.298. The normalized spacial score (nSPS) is 8.29. The number of carbonyl (C=O) groups is 1. The molecule has 0 bridgehead atoms. The molecule has 42 valence electrons. The van der Waals surface area contributed by atoms with Gasteiger partial charge in [-0.1, -0.05) is 0 Å². The lowest BCUT2D eigenvalue weighted by atomic mass is 11.5. The van der Waals surface area contributed by atoms with Crippen LogP contribution in [0.4, 0.5) is 4.79 Å². The monoisotopic (exact) mass is 156 g/mol. The van der Waals surface area contributed by atoms with Crippen molar-refractivity contribution < 1.29 is 4.79 Å². The van der Waals surface area contributed by atoms with Gasteiger partial charge < -0.3 is 0 Å². The summed E-state index contributed by atoms with van der Waals surface area (Å²) in [7, 11) is 0.793. The Morgan fingerprint density at radius 3 is 2.57 bits per heavy atom. The second-order valence-corrected chi connectivity index (χ2v) is 2.14. The van der Waals surface area contributed by atoms with Crippen LogP contribution in [0.1, 0.15) is 0 Å². The molecule has 0 radical (unpaired) electrons. The molecule has 0 fully saturated rings. The smallest absolute Gasteiger partial charge is 0.277 e. The summed E-state index contributed by atoms with van der Waals surface area (Å²) in [5, 5.41) is 4.59. The highest BCUT2D eigenvalue weighted by Crippen LogP contribution is 2.05. The Balaban J connectivity index is 3.00. The van der Waals surface area contributed by atoms with Crippen molar-refractivity contribution in [2.45, 2.75) is 0 Å². The summed E-state index contributed by atoms with van der Waals surface area (Å²) in [6.45, 7) is 0. The van der Waals surface area contributed by atoms with Crippen LogP contribution in [0.5, 0.6) is 0 Å². The van der Waals surface area contributed by atoms with E-state index >= 15 is 0 Å². The van der Waals surface area contributed by atoms with Crippen LogP contribution in [0.25, 0.3) is 0 Å². The Kier molecular flexibility index (Phi) is 4.95. The van der Waals surface area contributed by atoms with E-state index in [0.717, 1.165) is 22.9 Å². The molecule has 0 atom stereocenters. The van der Waals surface area contributed by atoms with E-state index in [9.17, 15) is 4.79 Å². The zero-order chi connectivity index (χ0) is 5.70. The van der Waals surface area contributed by atoms with E-state index in [1.165, 1.54) is 0 Å². The highest BCUT2D eigenvalue weighted by molar-refractivity contribution is 8.74. The fraction of sp³-hybridized carbons (Fsp3) is 0. The van der Waals surface area contributed by atoms with Gasteiger partial charge in [0.2, 0.25) is 0 Å². The fourth-order valence-electron chi connectivity index (χ4n) is 0.0667. The van der Waals surface area contributed by atoms with E-state index < -0.39 is 0 Å². The van der Waals surface area contributed by atoms with Crippen LogP contribution >= 0.6 is 34.6 Å². The minimum absolute atomic E-state index is 0.254. The molecule has 0 aromatic rings. The van der Waals surface area contributed by atoms with Crippen molar-refractivity contribution in [3.63, 3.8) is 0 Å². The van der Waals surface area contributed by atoms with Gasteiger partial charge in [-0.25, -0.2) is 0 Å². The Morgan fingerprint density at radius 1 is 1.86 bits per heavy atom. The van der Waals surface area contributed by atoms with Gasteiger partial charge in [0.05, 0.1) is 0 Å². The summed E-state index contributed by atoms with van der Waals surface area (Å²) in [5.74, 6) is 0. The van der Waals surface area contributed by atoms with Crippen LogP contribution in [0.15, 0.2) is 0 Å². The van der Waals surface area contributed by atoms with Crippen molar-refractivity contribution in [3.8, 4) is 0 Å². The molecule has 6 heteroatoms. The SMILES string of the molecule is NSNC(=O)SS. The number of amides is 1. The van der Waals surface area contributed by atoms with Gasteiger partial charge in [-0.2, -0.15) is 0 Å². The van der Waals surface area contributed by atoms with Crippen LogP contribution in [-0.4, -0.2) is 5.24 Å². The minimum Gasteiger partial charge on any atom is -0.277 e. The summed E-state index contributed by atoms with van der Waals surface area (Å²) in [5.41, 5.74) is 0. The first-order valence-electron chi connectivity index (χ1n) is 1.28. The van der Waals surface area contributed by atoms with E-state index in [1.807, 2.05) is 0 Å². The van der Waals surface area contributed by atoms with E-state index in [0.29, 0.717) is 0 Å². The predicted octanol–water partition coefficient (Wildman–Crippen LogP) is 0.796. The molecule has 0 spiro atoms. The standard InChI is InChI=1S/CH4N2OS3/c2-7-3-1(4)6-5/h5H,2H2,(H,3,4). The molecule has 1 amide bonds. The number of rotatable bonds is 1. The minimum atomic E-state index is -0.254. The molecule has 0 aliphatic rings. The molecule has 0 saturated heterocycles. The van der Waals surface area contributed by atoms with Gasteiger partial charge in [0.25, 0.3) is 5.24 Å². The molecule has 0 aromatic carbocycles. The Labute approximate surface area is 54.9 Å². The zero-order valence-electron chi connectivity index (χ0n) is 3.25. The topological polar surface area (TPSA) is 55.1 Å². The summed E-state index contributed by atoms with van der Waals surface area (Å²) in [4.78, 5) is 10.1. The summed E-state index contributed by atoms with van der Waals surface area (Å²) >= 11 is 4.35. The predicted molar refractivity (Wildman–Crippen MR) is 36.9 cm³/mol. The first-order valence-corrected chi connectivity index (χ1v) is 4.03. The number of hydrogen-bond acceptors (Lipinski definition) is 5. The number of nitrogens with one attached hydrogen (secondary N) is 1. The van der Waals surface area contributed by atoms with Crippen molar-refractivity contribution in [1.82, 2.24) is 4.72 Å². The molecule has 0 saturated carbocycles. The Morgan fingerprint density at radius 2 is 2.43 bits per heavy atom. The first-order chi connectivity index (χ1) is 3.31. The number of thiol groups is 1. The van der Waals surface area contributed by atoms with Crippen molar-refractivity contribution in [3.05, 3.63) is 0 Å². The van der Waals surface area contributed by atoms with Crippen LogP contribution in [0.3, 0.4) is 0 Å². The lowest BCUT2D eigenvalue weighted by Crippen LogP contribution is -2.09. The van der Waals surface area contributed by atoms with E-state index in [1.54, 1.807) is 0 Å². The molecule has 0 unspecified atom stereocenters. The third-order valence-electron chi connectivity index (χ3n) is 0.225. The van der Waals surface area contributed by atoms with Crippen LogP contribution < -0.4 is 9.86 Å². The second-order valence-electron chi connectivity index (χ2n) is 0.599. The third-order valence-corrected chi connectivity index (χ3v) is 1.42. The highest BCUT2D eigenvalue weighted by atomic mass is 33.1. The summed E-state index contributed by atoms with van der Waals surface area (Å²) in [6, 6.07) is 0. The van der Waals surface area contributed by atoms with Crippen molar-refractivity contribution >= 4 is 39.8 Å². The number of carbonyl (C=O) groups excluding carboxylic acids is 1. The van der Waals surface area contributed by atoms with Crippen LogP contribution in [0.2, 0.25) is 0 Å². The highest BCUT2D eigenvalue weighted by Gasteiger charge is 1.91. The molecule has 0 aliphatic carbocycles. The van der Waals surface area contributed by atoms with E-state index in [2.05, 4.69) is 16.4 Å². The molecule has 0 heterocycles. The van der Waals surface area contributed by atoms with Crippen molar-refractivity contribution in [1.29, 1.82) is 0 Å². The Bertz CT molecular complexity index is 66.0. The first kappa shape index (κ1) is 7.48. The summed E-state index contributed by atoms with van der Waals surface area (Å²) in [6.07, 6.45) is 0. The van der Waals surface area contributed by atoms with Gasteiger partial charge in [-0.15, -0.1) is 11.7 Å². The maximum absolute atomic E-state index is 10.1. The van der Waals surface area contributed by atoms with Gasteiger partial charge in [-0.05, 0) is 0 Å². The molecule has 0 rings (SSSR count). The second kappa shape index (κ2) is 4.63. The lowest BCUT2D eigenvalue weighted by Gasteiger charge is -1.90. The molecule has 0 aliphatic heterocycles. The number of nitrogens with two attached hydrogens (primary N) is 1. The maximum Gasteiger partial charge on any atom is 0.300 e. The Hall–Kier alpha value is 0.480. The zero-order valence-corrected chi connectivity index (χ0v) is 5.78. The molecule has 7 heavy (non-hydrogen) atoms. The molecule has 3 N–H and O–H groups in total. The average Bonchev–Trinajstić information content (AvgIpc) is 1.68. The molecular weight excluding hydrogens is 152 g/mol. The van der Waals surface area contributed by atoms with Crippen LogP contribution in [-0.2, 0) is 0 Å². The molecular formula is CH4N2OS3. The molecule has 3 nitrogen and oxygen atoms in total. The molecule has 0 aromatic heterocycles. The third kappa shape index (κ3) is 4.33. The fourth-order valence-corrected chi connectivity index (χ4v) is 0.792.